The minimum atomic E-state index is 0.221. The summed E-state index contributed by atoms with van der Waals surface area (Å²) >= 11 is 0. The average molecular weight is 370 g/mol. The van der Waals surface area contributed by atoms with Gasteiger partial charge in [-0.1, -0.05) is 13.0 Å². The summed E-state index contributed by atoms with van der Waals surface area (Å²) in [6.45, 7) is 7.42. The first-order valence-corrected chi connectivity index (χ1v) is 10.8. The first kappa shape index (κ1) is 18.0. The van der Waals surface area contributed by atoms with Crippen molar-refractivity contribution in [3.63, 3.8) is 0 Å². The summed E-state index contributed by atoms with van der Waals surface area (Å²) in [5, 5.41) is 3.52. The molecule has 2 heterocycles. The molecule has 3 unspecified atom stereocenters. The van der Waals surface area contributed by atoms with E-state index in [4.69, 9.17) is 4.74 Å². The van der Waals surface area contributed by atoms with Crippen LogP contribution in [0.5, 0.6) is 5.75 Å². The molecular weight excluding hydrogens is 334 g/mol. The van der Waals surface area contributed by atoms with Crippen LogP contribution in [0.2, 0.25) is 0 Å². The third-order valence-corrected chi connectivity index (χ3v) is 8.29. The highest BCUT2D eigenvalue weighted by Gasteiger charge is 2.69. The number of hydrogen-bond donors (Lipinski definition) is 1. The van der Waals surface area contributed by atoms with Crippen LogP contribution in [0.3, 0.4) is 0 Å². The largest absolute Gasteiger partial charge is 0.497 e. The molecule has 2 aliphatic heterocycles. The van der Waals surface area contributed by atoms with Crippen molar-refractivity contribution in [1.29, 1.82) is 0 Å². The molecule has 0 radical (unpaired) electrons. The van der Waals surface area contributed by atoms with E-state index >= 15 is 0 Å². The zero-order valence-corrected chi connectivity index (χ0v) is 17.4. The van der Waals surface area contributed by atoms with Gasteiger partial charge < -0.3 is 19.9 Å². The lowest BCUT2D eigenvalue weighted by Gasteiger charge is -2.55. The quantitative estimate of drug-likeness (QED) is 0.883. The van der Waals surface area contributed by atoms with Gasteiger partial charge in [0, 0.05) is 36.0 Å². The summed E-state index contributed by atoms with van der Waals surface area (Å²) in [6.07, 6.45) is 5.22. The summed E-state index contributed by atoms with van der Waals surface area (Å²) < 4.78 is 5.61. The number of rotatable bonds is 4. The highest BCUT2D eigenvalue weighted by atomic mass is 16.5. The van der Waals surface area contributed by atoms with Gasteiger partial charge in [-0.05, 0) is 82.0 Å². The van der Waals surface area contributed by atoms with Crippen molar-refractivity contribution >= 4 is 0 Å². The molecule has 1 aromatic rings. The van der Waals surface area contributed by atoms with Crippen LogP contribution in [0.25, 0.3) is 0 Å². The van der Waals surface area contributed by atoms with E-state index in [0.29, 0.717) is 17.5 Å². The number of methoxy groups -OCH3 is 1. The zero-order valence-electron chi connectivity index (χ0n) is 17.4. The summed E-state index contributed by atoms with van der Waals surface area (Å²) in [5.74, 6) is 1.85. The van der Waals surface area contributed by atoms with Crippen LogP contribution in [0.4, 0.5) is 0 Å². The fraction of sp³-hybridized carbons (Fsp3) is 0.739. The summed E-state index contributed by atoms with van der Waals surface area (Å²) in [5.41, 5.74) is 3.83. The molecule has 27 heavy (non-hydrogen) atoms. The Hall–Kier alpha value is -1.10. The molecule has 1 spiro atoms. The fourth-order valence-corrected chi connectivity index (χ4v) is 7.50. The van der Waals surface area contributed by atoms with Gasteiger partial charge in [-0.15, -0.1) is 0 Å². The molecule has 2 bridgehead atoms. The van der Waals surface area contributed by atoms with Crippen LogP contribution >= 0.6 is 0 Å². The van der Waals surface area contributed by atoms with Gasteiger partial charge in [0.05, 0.1) is 7.11 Å². The average Bonchev–Trinajstić information content (AvgIpc) is 2.83. The Morgan fingerprint density at radius 1 is 1.30 bits per heavy atom. The van der Waals surface area contributed by atoms with Gasteiger partial charge in [0.15, 0.2) is 0 Å². The molecule has 1 saturated carbocycles. The molecule has 2 saturated heterocycles. The first-order chi connectivity index (χ1) is 13.0. The molecule has 4 atom stereocenters. The Bertz CT molecular complexity index is 730. The highest BCUT2D eigenvalue weighted by Crippen LogP contribution is 2.64. The summed E-state index contributed by atoms with van der Waals surface area (Å²) in [6, 6.07) is 8.14. The van der Waals surface area contributed by atoms with Crippen LogP contribution in [0.15, 0.2) is 18.2 Å². The molecule has 4 aliphatic rings. The normalized spacial score (nSPS) is 38.4. The van der Waals surface area contributed by atoms with E-state index in [2.05, 4.69) is 54.3 Å². The summed E-state index contributed by atoms with van der Waals surface area (Å²) in [4.78, 5) is 5.38. The highest BCUT2D eigenvalue weighted by molar-refractivity contribution is 5.49. The molecular formula is C23H35N3O. The summed E-state index contributed by atoms with van der Waals surface area (Å²) in [7, 11) is 6.54. The molecule has 0 amide bonds. The van der Waals surface area contributed by atoms with E-state index in [-0.39, 0.29) is 5.41 Å². The number of benzene rings is 1. The lowest BCUT2D eigenvalue weighted by Crippen LogP contribution is -2.66. The van der Waals surface area contributed by atoms with Crippen LogP contribution in [0, 0.1) is 11.3 Å². The number of nitrogens with zero attached hydrogens (tertiary/aromatic N) is 2. The molecule has 0 aromatic heterocycles. The lowest BCUT2D eigenvalue weighted by molar-refractivity contribution is -0.0601. The third-order valence-electron chi connectivity index (χ3n) is 8.29. The predicted molar refractivity (Wildman–Crippen MR) is 110 cm³/mol. The van der Waals surface area contributed by atoms with Crippen molar-refractivity contribution < 1.29 is 4.74 Å². The lowest BCUT2D eigenvalue weighted by atomic mass is 9.63. The van der Waals surface area contributed by atoms with E-state index in [1.807, 2.05) is 0 Å². The van der Waals surface area contributed by atoms with Gasteiger partial charge in [-0.25, -0.2) is 0 Å². The molecule has 4 heteroatoms. The van der Waals surface area contributed by atoms with Crippen molar-refractivity contribution in [3.8, 4) is 5.75 Å². The van der Waals surface area contributed by atoms with E-state index < -0.39 is 0 Å². The van der Waals surface area contributed by atoms with Gasteiger partial charge in [0.25, 0.3) is 0 Å². The maximum atomic E-state index is 5.61. The molecule has 4 nitrogen and oxygen atoms in total. The second-order valence-electron chi connectivity index (χ2n) is 10.1. The minimum absolute atomic E-state index is 0.221. The Labute approximate surface area is 164 Å². The van der Waals surface area contributed by atoms with Crippen LogP contribution in [-0.4, -0.2) is 69.3 Å². The maximum Gasteiger partial charge on any atom is 0.119 e. The van der Waals surface area contributed by atoms with Crippen molar-refractivity contribution in [2.45, 2.75) is 50.1 Å². The number of likely N-dealkylation sites (N-methyl/N-ethyl adjacent to an activating group) is 2. The van der Waals surface area contributed by atoms with Gasteiger partial charge in [0.1, 0.15) is 5.75 Å². The Kier molecular flexibility index (Phi) is 4.12. The first-order valence-electron chi connectivity index (χ1n) is 10.8. The number of fused-ring (bicyclic) bond motifs is 3. The van der Waals surface area contributed by atoms with Gasteiger partial charge in [0.2, 0.25) is 0 Å². The SMILES string of the molecule is COc1ccc2c(c1)[C@@]1(C)CC3(C2)CN(C)C3C1N(C)CC1CCNCC1. The molecule has 148 valence electrons. The van der Waals surface area contributed by atoms with Crippen LogP contribution < -0.4 is 10.1 Å². The van der Waals surface area contributed by atoms with E-state index in [1.165, 1.54) is 51.9 Å². The van der Waals surface area contributed by atoms with Gasteiger partial charge in [-0.2, -0.15) is 0 Å². The fourth-order valence-electron chi connectivity index (χ4n) is 7.50. The standard InChI is InChI=1S/C23H35N3O/c1-22-14-23(12-17-5-6-18(27-4)11-19(17)22)15-26(3)21(23)20(22)25(2)13-16-7-9-24-10-8-16/h5-6,11,16,20-21,24H,7-10,12-15H2,1-4H3/t20?,21?,22-,23?/m1/s1. The number of likely N-dealkylation sites (tertiary alicyclic amines) is 1. The Balaban J connectivity index is 1.51. The Morgan fingerprint density at radius 2 is 2.07 bits per heavy atom. The van der Waals surface area contributed by atoms with Crippen molar-refractivity contribution in [2.24, 2.45) is 11.3 Å². The number of nitrogens with one attached hydrogen (secondary N) is 1. The van der Waals surface area contributed by atoms with Crippen LogP contribution in [-0.2, 0) is 11.8 Å². The molecule has 1 N–H and O–H groups in total. The topological polar surface area (TPSA) is 27.7 Å². The molecule has 3 fully saturated rings. The minimum Gasteiger partial charge on any atom is -0.497 e. The maximum absolute atomic E-state index is 5.61. The Morgan fingerprint density at radius 3 is 2.78 bits per heavy atom. The van der Waals surface area contributed by atoms with Crippen molar-refractivity contribution in [1.82, 2.24) is 15.1 Å². The monoisotopic (exact) mass is 369 g/mol. The second-order valence-corrected chi connectivity index (χ2v) is 10.1. The predicted octanol–water partition coefficient (Wildman–Crippen LogP) is 2.51. The zero-order chi connectivity index (χ0) is 18.8. The molecule has 2 aliphatic carbocycles. The number of piperidine rings is 1. The van der Waals surface area contributed by atoms with Gasteiger partial charge in [-0.3, -0.25) is 0 Å². The third kappa shape index (κ3) is 2.53. The smallest absolute Gasteiger partial charge is 0.119 e. The second kappa shape index (κ2) is 6.20. The van der Waals surface area contributed by atoms with E-state index in [1.54, 1.807) is 18.2 Å². The molecule has 5 rings (SSSR count). The van der Waals surface area contributed by atoms with Crippen molar-refractivity contribution in [3.05, 3.63) is 29.3 Å². The molecule has 1 aromatic carbocycles. The van der Waals surface area contributed by atoms with Gasteiger partial charge >= 0.3 is 0 Å². The van der Waals surface area contributed by atoms with Crippen molar-refractivity contribution in [2.75, 3.05) is 47.4 Å². The van der Waals surface area contributed by atoms with E-state index in [0.717, 1.165) is 11.7 Å². The van der Waals surface area contributed by atoms with E-state index in [9.17, 15) is 0 Å². The number of hydrogen-bond acceptors (Lipinski definition) is 4. The van der Waals surface area contributed by atoms with Crippen LogP contribution in [0.1, 0.15) is 37.3 Å². The number of ether oxygens (including phenoxy) is 1.